The second kappa shape index (κ2) is 7.09. The molecule has 1 heterocycles. The van der Waals surface area contributed by atoms with Crippen LogP contribution < -0.4 is 16.0 Å². The largest absolute Gasteiger partial charge is 0.348 e. The van der Waals surface area contributed by atoms with E-state index < -0.39 is 0 Å². The van der Waals surface area contributed by atoms with Crippen LogP contribution >= 0.6 is 0 Å². The summed E-state index contributed by atoms with van der Waals surface area (Å²) in [5.41, 5.74) is 8.06. The zero-order valence-electron chi connectivity index (χ0n) is 15.9. The quantitative estimate of drug-likeness (QED) is 0.612. The number of nitrogens with one attached hydrogen (secondary N) is 3. The smallest absolute Gasteiger partial charge is 0.323 e. The van der Waals surface area contributed by atoms with Crippen LogP contribution in [0.1, 0.15) is 33.5 Å². The highest BCUT2D eigenvalue weighted by molar-refractivity contribution is 6.01. The highest BCUT2D eigenvalue weighted by Crippen LogP contribution is 2.30. The van der Waals surface area contributed by atoms with E-state index >= 15 is 0 Å². The van der Waals surface area contributed by atoms with Gasteiger partial charge in [-0.2, -0.15) is 0 Å². The Bertz CT molecular complexity index is 1120. The topological polar surface area (TPSA) is 70.2 Å². The van der Waals surface area contributed by atoms with Gasteiger partial charge in [0.15, 0.2) is 0 Å². The highest BCUT2D eigenvalue weighted by atomic mass is 16.2. The van der Waals surface area contributed by atoms with Gasteiger partial charge in [-0.05, 0) is 77.4 Å². The first-order valence-electron chi connectivity index (χ1n) is 9.88. The van der Waals surface area contributed by atoms with Gasteiger partial charge in [-0.3, -0.25) is 4.79 Å². The van der Waals surface area contributed by atoms with Crippen LogP contribution in [-0.4, -0.2) is 11.9 Å². The summed E-state index contributed by atoms with van der Waals surface area (Å²) in [5, 5.41) is 8.66. The number of urea groups is 1. The van der Waals surface area contributed by atoms with Crippen molar-refractivity contribution in [1.29, 1.82) is 0 Å². The first kappa shape index (κ1) is 17.5. The molecule has 144 valence electrons. The van der Waals surface area contributed by atoms with Crippen molar-refractivity contribution in [2.24, 2.45) is 0 Å². The minimum Gasteiger partial charge on any atom is -0.348 e. The summed E-state index contributed by atoms with van der Waals surface area (Å²) in [6.45, 7) is 0.549. The average Bonchev–Trinajstić information content (AvgIpc) is 3.35. The van der Waals surface area contributed by atoms with Gasteiger partial charge in [0.1, 0.15) is 0 Å². The number of benzene rings is 3. The maximum Gasteiger partial charge on any atom is 0.323 e. The normalized spacial score (nSPS) is 14.1. The molecule has 0 spiro atoms. The molecule has 0 saturated carbocycles. The zero-order valence-corrected chi connectivity index (χ0v) is 15.9. The fourth-order valence-electron chi connectivity index (χ4n) is 4.20. The Morgan fingerprint density at radius 2 is 1.55 bits per heavy atom. The van der Waals surface area contributed by atoms with Crippen LogP contribution in [0, 0.1) is 0 Å². The summed E-state index contributed by atoms with van der Waals surface area (Å²) >= 11 is 0. The number of carbonyl (C=O) groups is 2. The van der Waals surface area contributed by atoms with Crippen molar-refractivity contribution < 1.29 is 9.59 Å². The van der Waals surface area contributed by atoms with E-state index in [-0.39, 0.29) is 11.9 Å². The van der Waals surface area contributed by atoms with Crippen molar-refractivity contribution in [1.82, 2.24) is 5.32 Å². The third-order valence-corrected chi connectivity index (χ3v) is 5.66. The monoisotopic (exact) mass is 383 g/mol. The average molecular weight is 383 g/mol. The molecule has 3 amide bonds. The minimum atomic E-state index is -0.258. The number of hydrogen-bond donors (Lipinski definition) is 3. The molecular weight excluding hydrogens is 362 g/mol. The summed E-state index contributed by atoms with van der Waals surface area (Å²) in [6.07, 6.45) is 3.40. The molecule has 0 bridgehead atoms. The number of hydrogen-bond acceptors (Lipinski definition) is 2. The highest BCUT2D eigenvalue weighted by Gasteiger charge is 2.21. The number of anilines is 2. The third kappa shape index (κ3) is 3.36. The Balaban J connectivity index is 1.29. The predicted octanol–water partition coefficient (Wildman–Crippen LogP) is 4.73. The summed E-state index contributed by atoms with van der Waals surface area (Å²) in [6, 6.07) is 19.3. The molecule has 0 aromatic heterocycles. The van der Waals surface area contributed by atoms with Crippen molar-refractivity contribution in [2.75, 3.05) is 10.6 Å². The molecule has 29 heavy (non-hydrogen) atoms. The van der Waals surface area contributed by atoms with Crippen molar-refractivity contribution in [3.8, 4) is 11.1 Å². The fourth-order valence-corrected chi connectivity index (χ4v) is 4.20. The molecule has 3 aromatic carbocycles. The van der Waals surface area contributed by atoms with Crippen LogP contribution in [0.15, 0.2) is 60.7 Å². The maximum absolute atomic E-state index is 12.4. The molecular formula is C24H21N3O2. The Hall–Kier alpha value is -3.60. The van der Waals surface area contributed by atoms with E-state index in [1.54, 1.807) is 0 Å². The van der Waals surface area contributed by atoms with E-state index in [2.05, 4.69) is 28.1 Å². The maximum atomic E-state index is 12.4. The van der Waals surface area contributed by atoms with Gasteiger partial charge in [0.05, 0.1) is 0 Å². The van der Waals surface area contributed by atoms with E-state index in [0.717, 1.165) is 40.8 Å². The second-order valence-corrected chi connectivity index (χ2v) is 7.51. The molecule has 3 N–H and O–H groups in total. The molecule has 3 aromatic rings. The van der Waals surface area contributed by atoms with Gasteiger partial charge in [-0.1, -0.05) is 30.3 Å². The SMILES string of the molecule is O=C(Nc1ccc(-c2cccc3c2CNC3=O)cc1)Nc1ccc2c(c1)CCC2. The molecule has 5 rings (SSSR count). The summed E-state index contributed by atoms with van der Waals surface area (Å²) in [7, 11) is 0. The second-order valence-electron chi connectivity index (χ2n) is 7.51. The lowest BCUT2D eigenvalue weighted by Crippen LogP contribution is -2.19. The first-order chi connectivity index (χ1) is 14.2. The lowest BCUT2D eigenvalue weighted by atomic mass is 9.97. The first-order valence-corrected chi connectivity index (χ1v) is 9.88. The van der Waals surface area contributed by atoms with E-state index in [0.29, 0.717) is 12.2 Å². The Morgan fingerprint density at radius 3 is 2.41 bits per heavy atom. The van der Waals surface area contributed by atoms with Crippen LogP contribution in [0.4, 0.5) is 16.2 Å². The minimum absolute atomic E-state index is 0.0247. The molecule has 0 fully saturated rings. The van der Waals surface area contributed by atoms with Crippen molar-refractivity contribution in [2.45, 2.75) is 25.8 Å². The van der Waals surface area contributed by atoms with E-state index in [1.807, 2.05) is 48.5 Å². The lowest BCUT2D eigenvalue weighted by molar-refractivity contribution is 0.0965. The number of rotatable bonds is 3. The van der Waals surface area contributed by atoms with Crippen LogP contribution in [0.25, 0.3) is 11.1 Å². The van der Waals surface area contributed by atoms with Crippen molar-refractivity contribution in [3.63, 3.8) is 0 Å². The van der Waals surface area contributed by atoms with E-state index in [9.17, 15) is 9.59 Å². The predicted molar refractivity (Wildman–Crippen MR) is 114 cm³/mol. The molecule has 5 nitrogen and oxygen atoms in total. The molecule has 0 unspecified atom stereocenters. The Kier molecular flexibility index (Phi) is 4.28. The van der Waals surface area contributed by atoms with E-state index in [4.69, 9.17) is 0 Å². The van der Waals surface area contributed by atoms with Gasteiger partial charge in [-0.15, -0.1) is 0 Å². The zero-order chi connectivity index (χ0) is 19.8. The van der Waals surface area contributed by atoms with Gasteiger partial charge in [0.2, 0.25) is 0 Å². The van der Waals surface area contributed by atoms with Crippen LogP contribution in [-0.2, 0) is 19.4 Å². The molecule has 0 radical (unpaired) electrons. The molecule has 1 aliphatic carbocycles. The molecule has 1 aliphatic heterocycles. The summed E-state index contributed by atoms with van der Waals surface area (Å²) < 4.78 is 0. The van der Waals surface area contributed by atoms with Crippen LogP contribution in [0.3, 0.4) is 0 Å². The summed E-state index contributed by atoms with van der Waals surface area (Å²) in [4.78, 5) is 24.2. The van der Waals surface area contributed by atoms with Crippen LogP contribution in [0.2, 0.25) is 0 Å². The number of amides is 3. The lowest BCUT2D eigenvalue weighted by Gasteiger charge is -2.11. The molecule has 0 atom stereocenters. The van der Waals surface area contributed by atoms with E-state index in [1.165, 1.54) is 17.5 Å². The molecule has 0 saturated heterocycles. The summed E-state index contributed by atoms with van der Waals surface area (Å²) in [5.74, 6) is -0.0247. The molecule has 5 heteroatoms. The van der Waals surface area contributed by atoms with Gasteiger partial charge >= 0.3 is 6.03 Å². The molecule has 2 aliphatic rings. The van der Waals surface area contributed by atoms with Crippen molar-refractivity contribution >= 4 is 23.3 Å². The Labute approximate surface area is 169 Å². The fraction of sp³-hybridized carbons (Fsp3) is 0.167. The Morgan fingerprint density at radius 1 is 0.828 bits per heavy atom. The van der Waals surface area contributed by atoms with Crippen LogP contribution in [0.5, 0.6) is 0 Å². The third-order valence-electron chi connectivity index (χ3n) is 5.66. The number of carbonyl (C=O) groups excluding carboxylic acids is 2. The number of aryl methyl sites for hydroxylation is 2. The van der Waals surface area contributed by atoms with Gasteiger partial charge in [0.25, 0.3) is 5.91 Å². The van der Waals surface area contributed by atoms with Gasteiger partial charge < -0.3 is 16.0 Å². The van der Waals surface area contributed by atoms with Gasteiger partial charge in [-0.25, -0.2) is 4.79 Å². The number of fused-ring (bicyclic) bond motifs is 2. The van der Waals surface area contributed by atoms with Crippen molar-refractivity contribution in [3.05, 3.63) is 82.9 Å². The van der Waals surface area contributed by atoms with Gasteiger partial charge in [0, 0.05) is 23.5 Å². The standard InChI is InChI=1S/C24H21N3O2/c28-23-21-6-2-5-20(22(21)14-25-23)16-8-10-18(11-9-16)26-24(29)27-19-12-7-15-3-1-4-17(15)13-19/h2,5-13H,1,3-4,14H2,(H,25,28)(H2,26,27,29).